The molecule has 0 saturated carbocycles. The summed E-state index contributed by atoms with van der Waals surface area (Å²) in [5.74, 6) is 0.817. The molecule has 4 aromatic rings. The number of H-pyrrole nitrogens is 1. The largest absolute Gasteiger partial charge is 0.454 e. The summed E-state index contributed by atoms with van der Waals surface area (Å²) >= 11 is 0. The Morgan fingerprint density at radius 3 is 2.68 bits per heavy atom. The molecule has 0 radical (unpaired) electrons. The number of benzene rings is 3. The lowest BCUT2D eigenvalue weighted by Crippen LogP contribution is -2.40. The number of carbonyl (C=O) groups excluding carboxylic acids is 1. The molecule has 0 saturated heterocycles. The van der Waals surface area contributed by atoms with Crippen molar-refractivity contribution in [3.63, 3.8) is 0 Å². The third-order valence-electron chi connectivity index (χ3n) is 6.10. The van der Waals surface area contributed by atoms with E-state index in [9.17, 15) is 9.18 Å². The van der Waals surface area contributed by atoms with Crippen LogP contribution in [0.4, 0.5) is 4.39 Å². The second-order valence-corrected chi connectivity index (χ2v) is 7.83. The van der Waals surface area contributed by atoms with Gasteiger partial charge in [0.05, 0.1) is 6.04 Å². The maximum Gasteiger partial charge on any atom is 0.254 e. The number of nitrogens with zero attached hydrogens (tertiary/aromatic N) is 1. The molecule has 0 spiro atoms. The Balaban J connectivity index is 1.47. The van der Waals surface area contributed by atoms with Crippen LogP contribution in [0.25, 0.3) is 10.9 Å². The minimum absolute atomic E-state index is 0.100. The molecule has 6 heteroatoms. The maximum absolute atomic E-state index is 13.7. The molecule has 0 aliphatic carbocycles. The van der Waals surface area contributed by atoms with Crippen molar-refractivity contribution in [3.05, 3.63) is 94.9 Å². The number of aromatic amines is 1. The molecule has 0 bridgehead atoms. The third kappa shape index (κ3) is 2.86. The van der Waals surface area contributed by atoms with E-state index < -0.39 is 0 Å². The number of hydrogen-bond acceptors (Lipinski definition) is 3. The van der Waals surface area contributed by atoms with Crippen LogP contribution < -0.4 is 9.47 Å². The first-order chi connectivity index (χ1) is 15.2. The Morgan fingerprint density at radius 1 is 1.00 bits per heavy atom. The van der Waals surface area contributed by atoms with Gasteiger partial charge >= 0.3 is 0 Å². The van der Waals surface area contributed by atoms with Gasteiger partial charge in [0.1, 0.15) is 5.82 Å². The Hall–Kier alpha value is -3.80. The molecule has 1 atom stereocenters. The van der Waals surface area contributed by atoms with Crippen LogP contribution in [-0.4, -0.2) is 29.1 Å². The van der Waals surface area contributed by atoms with Crippen LogP contribution in [0.1, 0.15) is 33.2 Å². The van der Waals surface area contributed by atoms with Gasteiger partial charge in [-0.2, -0.15) is 0 Å². The molecular formula is C25H19FN2O3. The number of rotatable bonds is 2. The lowest BCUT2D eigenvalue weighted by Gasteiger charge is -2.36. The number of nitrogens with one attached hydrogen (secondary N) is 1. The van der Waals surface area contributed by atoms with Crippen LogP contribution in [0.5, 0.6) is 11.5 Å². The summed E-state index contributed by atoms with van der Waals surface area (Å²) in [6, 6.07) is 19.5. The zero-order valence-electron chi connectivity index (χ0n) is 16.6. The highest BCUT2D eigenvalue weighted by molar-refractivity contribution is 5.96. The van der Waals surface area contributed by atoms with E-state index in [2.05, 4.69) is 11.1 Å². The summed E-state index contributed by atoms with van der Waals surface area (Å²) in [6.45, 7) is 0.720. The first-order valence-corrected chi connectivity index (χ1v) is 10.2. The highest BCUT2D eigenvalue weighted by Crippen LogP contribution is 2.40. The Bertz CT molecular complexity index is 1310. The highest BCUT2D eigenvalue weighted by Gasteiger charge is 2.35. The molecule has 154 valence electrons. The number of carbonyl (C=O) groups is 1. The molecule has 31 heavy (non-hydrogen) atoms. The van der Waals surface area contributed by atoms with E-state index >= 15 is 0 Å². The van der Waals surface area contributed by atoms with Crippen LogP contribution >= 0.6 is 0 Å². The molecule has 6 rings (SSSR count). The number of ether oxygens (including phenoxy) is 2. The Labute approximate surface area is 178 Å². The van der Waals surface area contributed by atoms with Crippen LogP contribution in [0.15, 0.2) is 66.7 Å². The average Bonchev–Trinajstić information content (AvgIpc) is 3.42. The molecule has 5 nitrogen and oxygen atoms in total. The SMILES string of the molecule is O=C(c1ccc2c(c1)OCO2)N1CCc2c([nH]c3ccccc23)[C@H]1c1ccc(F)cc1. The number of aromatic nitrogens is 1. The van der Waals surface area contributed by atoms with E-state index in [0.717, 1.165) is 23.2 Å². The van der Waals surface area contributed by atoms with Crippen LogP contribution in [0.3, 0.4) is 0 Å². The van der Waals surface area contributed by atoms with E-state index in [0.29, 0.717) is 23.6 Å². The van der Waals surface area contributed by atoms with Gasteiger partial charge in [0.2, 0.25) is 6.79 Å². The van der Waals surface area contributed by atoms with Crippen molar-refractivity contribution >= 4 is 16.8 Å². The maximum atomic E-state index is 13.7. The first kappa shape index (κ1) is 18.0. The van der Waals surface area contributed by atoms with Crippen LogP contribution in [0, 0.1) is 5.82 Å². The van der Waals surface area contributed by atoms with Gasteiger partial charge in [0.25, 0.3) is 5.91 Å². The molecular weight excluding hydrogens is 395 g/mol. The van der Waals surface area contributed by atoms with Crippen molar-refractivity contribution in [2.24, 2.45) is 0 Å². The highest BCUT2D eigenvalue weighted by atomic mass is 19.1. The molecule has 1 N–H and O–H groups in total. The lowest BCUT2D eigenvalue weighted by atomic mass is 9.91. The van der Waals surface area contributed by atoms with E-state index in [-0.39, 0.29) is 24.6 Å². The number of amides is 1. The van der Waals surface area contributed by atoms with Crippen molar-refractivity contribution < 1.29 is 18.7 Å². The summed E-state index contributed by atoms with van der Waals surface area (Å²) in [6.07, 6.45) is 0.743. The number of para-hydroxylation sites is 1. The molecule has 2 aliphatic heterocycles. The van der Waals surface area contributed by atoms with Crippen molar-refractivity contribution in [3.8, 4) is 11.5 Å². The molecule has 0 unspecified atom stereocenters. The summed E-state index contributed by atoms with van der Waals surface area (Å²) < 4.78 is 24.5. The monoisotopic (exact) mass is 414 g/mol. The standard InChI is InChI=1S/C25H19FN2O3/c26-17-8-5-15(6-9-17)24-23-19(18-3-1-2-4-20(18)27-23)11-12-28(24)25(29)16-7-10-21-22(13-16)31-14-30-21/h1-10,13,24,27H,11-12,14H2/t24-/m1/s1. The minimum Gasteiger partial charge on any atom is -0.454 e. The lowest BCUT2D eigenvalue weighted by molar-refractivity contribution is 0.0691. The van der Waals surface area contributed by atoms with E-state index in [1.54, 1.807) is 30.3 Å². The second-order valence-electron chi connectivity index (χ2n) is 7.83. The average molecular weight is 414 g/mol. The zero-order chi connectivity index (χ0) is 20.9. The fraction of sp³-hybridized carbons (Fsp3) is 0.160. The number of fused-ring (bicyclic) bond motifs is 4. The van der Waals surface area contributed by atoms with Gasteiger partial charge in [-0.15, -0.1) is 0 Å². The fourth-order valence-corrected chi connectivity index (χ4v) is 4.65. The van der Waals surface area contributed by atoms with Gasteiger partial charge in [0.15, 0.2) is 11.5 Å². The molecule has 1 amide bonds. The van der Waals surface area contributed by atoms with E-state index in [1.807, 2.05) is 23.1 Å². The van der Waals surface area contributed by atoms with Crippen LogP contribution in [-0.2, 0) is 6.42 Å². The van der Waals surface area contributed by atoms with Gasteiger partial charge in [0, 0.05) is 28.7 Å². The zero-order valence-corrected chi connectivity index (χ0v) is 16.6. The van der Waals surface area contributed by atoms with Crippen molar-refractivity contribution in [1.82, 2.24) is 9.88 Å². The van der Waals surface area contributed by atoms with Gasteiger partial charge < -0.3 is 19.4 Å². The number of halogens is 1. The second kappa shape index (κ2) is 6.87. The topological polar surface area (TPSA) is 54.6 Å². The predicted octanol–water partition coefficient (Wildman–Crippen LogP) is 4.82. The van der Waals surface area contributed by atoms with Gasteiger partial charge in [-0.3, -0.25) is 4.79 Å². The molecule has 3 heterocycles. The van der Waals surface area contributed by atoms with E-state index in [4.69, 9.17) is 9.47 Å². The predicted molar refractivity (Wildman–Crippen MR) is 114 cm³/mol. The first-order valence-electron chi connectivity index (χ1n) is 10.2. The van der Waals surface area contributed by atoms with Crippen molar-refractivity contribution in [2.75, 3.05) is 13.3 Å². The quantitative estimate of drug-likeness (QED) is 0.512. The number of hydrogen-bond donors (Lipinski definition) is 1. The molecule has 2 aliphatic rings. The van der Waals surface area contributed by atoms with Crippen molar-refractivity contribution in [2.45, 2.75) is 12.5 Å². The smallest absolute Gasteiger partial charge is 0.254 e. The van der Waals surface area contributed by atoms with Crippen LogP contribution in [0.2, 0.25) is 0 Å². The van der Waals surface area contributed by atoms with Gasteiger partial charge in [-0.25, -0.2) is 4.39 Å². The third-order valence-corrected chi connectivity index (χ3v) is 6.10. The minimum atomic E-state index is -0.338. The van der Waals surface area contributed by atoms with E-state index in [1.165, 1.54) is 23.1 Å². The normalized spacial score (nSPS) is 17.1. The van der Waals surface area contributed by atoms with Gasteiger partial charge in [-0.05, 0) is 53.9 Å². The summed E-state index contributed by atoms with van der Waals surface area (Å²) in [5.41, 5.74) is 4.63. The Morgan fingerprint density at radius 2 is 1.81 bits per heavy atom. The Kier molecular flexibility index (Phi) is 3.99. The molecule has 1 aromatic heterocycles. The fourth-order valence-electron chi connectivity index (χ4n) is 4.65. The summed E-state index contributed by atoms with van der Waals surface area (Å²) in [4.78, 5) is 19.0. The summed E-state index contributed by atoms with van der Waals surface area (Å²) in [7, 11) is 0. The summed E-state index contributed by atoms with van der Waals surface area (Å²) in [5, 5.41) is 1.17. The van der Waals surface area contributed by atoms with Crippen molar-refractivity contribution in [1.29, 1.82) is 0 Å². The molecule has 3 aromatic carbocycles. The van der Waals surface area contributed by atoms with Gasteiger partial charge in [-0.1, -0.05) is 30.3 Å². The molecule has 0 fully saturated rings.